The molecule has 0 spiro atoms. The summed E-state index contributed by atoms with van der Waals surface area (Å²) in [7, 11) is 1.70. The maximum absolute atomic E-state index is 5.25. The number of methoxy groups -OCH3 is 1. The van der Waals surface area contributed by atoms with Gasteiger partial charge in [-0.2, -0.15) is 0 Å². The van der Waals surface area contributed by atoms with Gasteiger partial charge in [-0.05, 0) is 38.8 Å². The highest BCUT2D eigenvalue weighted by Crippen LogP contribution is 2.14. The van der Waals surface area contributed by atoms with Gasteiger partial charge in [0.2, 0.25) is 0 Å². The van der Waals surface area contributed by atoms with Crippen molar-refractivity contribution in [2.24, 2.45) is 0 Å². The second-order valence-electron chi connectivity index (χ2n) is 2.91. The molecule has 0 unspecified atom stereocenters. The number of hydrogen-bond acceptors (Lipinski definition) is 1. The molecule has 0 aromatic rings. The van der Waals surface area contributed by atoms with Gasteiger partial charge < -0.3 is 4.74 Å². The summed E-state index contributed by atoms with van der Waals surface area (Å²) >= 11 is 0. The Bertz CT molecular complexity index is 215. The van der Waals surface area contributed by atoms with Crippen LogP contribution in [0, 0.1) is 0 Å². The standard InChI is InChI=1S/C11H18O/c1-6-7-8-10(4)11(12-5)9(2)3/h6-8H,1-5H3/b7-6-,10-8-. The van der Waals surface area contributed by atoms with Crippen molar-refractivity contribution in [1.82, 2.24) is 0 Å². The van der Waals surface area contributed by atoms with E-state index < -0.39 is 0 Å². The fraction of sp³-hybridized carbons (Fsp3) is 0.455. The third-order valence-corrected chi connectivity index (χ3v) is 1.56. The van der Waals surface area contributed by atoms with Crippen LogP contribution in [0.1, 0.15) is 27.7 Å². The first kappa shape index (κ1) is 11.0. The van der Waals surface area contributed by atoms with Crippen LogP contribution >= 0.6 is 0 Å². The lowest BCUT2D eigenvalue weighted by molar-refractivity contribution is 0.296. The van der Waals surface area contributed by atoms with E-state index in [-0.39, 0.29) is 0 Å². The van der Waals surface area contributed by atoms with Crippen molar-refractivity contribution in [2.45, 2.75) is 27.7 Å². The Kier molecular flexibility index (Phi) is 5.18. The van der Waals surface area contributed by atoms with Gasteiger partial charge in [0.25, 0.3) is 0 Å². The molecule has 0 saturated heterocycles. The van der Waals surface area contributed by atoms with Crippen molar-refractivity contribution in [1.29, 1.82) is 0 Å². The largest absolute Gasteiger partial charge is 0.497 e. The van der Waals surface area contributed by atoms with Crippen molar-refractivity contribution in [3.8, 4) is 0 Å². The van der Waals surface area contributed by atoms with E-state index >= 15 is 0 Å². The van der Waals surface area contributed by atoms with Gasteiger partial charge in [-0.15, -0.1) is 0 Å². The molecule has 0 heterocycles. The van der Waals surface area contributed by atoms with Crippen LogP contribution in [0.3, 0.4) is 0 Å². The zero-order chi connectivity index (χ0) is 9.56. The maximum atomic E-state index is 5.25. The summed E-state index contributed by atoms with van der Waals surface area (Å²) in [4.78, 5) is 0. The monoisotopic (exact) mass is 166 g/mol. The molecule has 1 nitrogen and oxygen atoms in total. The maximum Gasteiger partial charge on any atom is 0.120 e. The highest BCUT2D eigenvalue weighted by atomic mass is 16.5. The predicted molar refractivity (Wildman–Crippen MR) is 54.0 cm³/mol. The molecule has 12 heavy (non-hydrogen) atoms. The summed E-state index contributed by atoms with van der Waals surface area (Å²) in [6.07, 6.45) is 6.06. The molecule has 0 rings (SSSR count). The lowest BCUT2D eigenvalue weighted by Crippen LogP contribution is -1.91. The van der Waals surface area contributed by atoms with Crippen molar-refractivity contribution >= 4 is 0 Å². The third-order valence-electron chi connectivity index (χ3n) is 1.56. The Balaban J connectivity index is 4.65. The molecule has 0 N–H and O–H groups in total. The van der Waals surface area contributed by atoms with Gasteiger partial charge in [0, 0.05) is 0 Å². The summed E-state index contributed by atoms with van der Waals surface area (Å²) in [5, 5.41) is 0. The summed E-state index contributed by atoms with van der Waals surface area (Å²) in [6.45, 7) is 8.14. The minimum Gasteiger partial charge on any atom is -0.497 e. The minimum absolute atomic E-state index is 0.980. The van der Waals surface area contributed by atoms with Crippen molar-refractivity contribution < 1.29 is 4.74 Å². The topological polar surface area (TPSA) is 9.23 Å². The van der Waals surface area contributed by atoms with Gasteiger partial charge in [0.1, 0.15) is 5.76 Å². The molecule has 0 aliphatic heterocycles. The molecule has 68 valence electrons. The van der Waals surface area contributed by atoms with Crippen LogP contribution in [0.15, 0.2) is 35.1 Å². The lowest BCUT2D eigenvalue weighted by atomic mass is 10.1. The van der Waals surface area contributed by atoms with Crippen LogP contribution < -0.4 is 0 Å². The Hall–Kier alpha value is -0.980. The van der Waals surface area contributed by atoms with Gasteiger partial charge in [-0.25, -0.2) is 0 Å². The zero-order valence-corrected chi connectivity index (χ0v) is 8.64. The average molecular weight is 166 g/mol. The summed E-state index contributed by atoms with van der Waals surface area (Å²) in [5.74, 6) is 0.980. The Labute approximate surface area is 75.4 Å². The van der Waals surface area contributed by atoms with Crippen LogP contribution in [0.5, 0.6) is 0 Å². The quantitative estimate of drug-likeness (QED) is 0.461. The van der Waals surface area contributed by atoms with E-state index in [2.05, 4.69) is 0 Å². The van der Waals surface area contributed by atoms with E-state index in [0.717, 1.165) is 11.3 Å². The van der Waals surface area contributed by atoms with E-state index in [1.807, 2.05) is 45.9 Å². The minimum atomic E-state index is 0.980. The zero-order valence-electron chi connectivity index (χ0n) is 8.64. The molecular formula is C11H18O. The highest BCUT2D eigenvalue weighted by Gasteiger charge is 1.99. The Morgan fingerprint density at radius 3 is 2.08 bits per heavy atom. The van der Waals surface area contributed by atoms with Gasteiger partial charge in [-0.1, -0.05) is 18.2 Å². The van der Waals surface area contributed by atoms with Crippen LogP contribution in [0.25, 0.3) is 0 Å². The summed E-state index contributed by atoms with van der Waals surface area (Å²) in [5.41, 5.74) is 2.37. The van der Waals surface area contributed by atoms with Crippen LogP contribution in [0.4, 0.5) is 0 Å². The third kappa shape index (κ3) is 3.42. The number of ether oxygens (including phenoxy) is 1. The van der Waals surface area contributed by atoms with E-state index in [9.17, 15) is 0 Å². The molecule has 0 aliphatic rings. The normalized spacial score (nSPS) is 11.9. The first-order valence-corrected chi connectivity index (χ1v) is 4.15. The van der Waals surface area contributed by atoms with E-state index in [1.165, 1.54) is 5.57 Å². The van der Waals surface area contributed by atoms with Crippen molar-refractivity contribution in [3.63, 3.8) is 0 Å². The van der Waals surface area contributed by atoms with E-state index in [1.54, 1.807) is 7.11 Å². The number of allylic oxidation sites excluding steroid dienone is 5. The second kappa shape index (κ2) is 5.64. The smallest absolute Gasteiger partial charge is 0.120 e. The molecule has 0 bridgehead atoms. The first-order chi connectivity index (χ1) is 5.63. The molecule has 0 aromatic carbocycles. The molecule has 0 fully saturated rings. The molecule has 0 amide bonds. The molecule has 0 radical (unpaired) electrons. The number of rotatable bonds is 3. The van der Waals surface area contributed by atoms with Crippen molar-refractivity contribution in [2.75, 3.05) is 7.11 Å². The first-order valence-electron chi connectivity index (χ1n) is 4.15. The molecule has 0 aliphatic carbocycles. The molecular weight excluding hydrogens is 148 g/mol. The fourth-order valence-corrected chi connectivity index (χ4v) is 1.08. The van der Waals surface area contributed by atoms with Gasteiger partial charge in [-0.3, -0.25) is 0 Å². The van der Waals surface area contributed by atoms with Gasteiger partial charge >= 0.3 is 0 Å². The molecule has 0 aromatic heterocycles. The van der Waals surface area contributed by atoms with E-state index in [0.29, 0.717) is 0 Å². The lowest BCUT2D eigenvalue weighted by Gasteiger charge is -2.07. The molecule has 1 heteroatoms. The Morgan fingerprint density at radius 2 is 1.75 bits per heavy atom. The summed E-state index contributed by atoms with van der Waals surface area (Å²) in [6, 6.07) is 0. The summed E-state index contributed by atoms with van der Waals surface area (Å²) < 4.78 is 5.25. The molecule has 0 saturated carbocycles. The highest BCUT2D eigenvalue weighted by molar-refractivity contribution is 5.30. The second-order valence-corrected chi connectivity index (χ2v) is 2.91. The Morgan fingerprint density at radius 1 is 1.17 bits per heavy atom. The van der Waals surface area contributed by atoms with Crippen LogP contribution in [-0.2, 0) is 4.74 Å². The van der Waals surface area contributed by atoms with Crippen molar-refractivity contribution in [3.05, 3.63) is 35.1 Å². The van der Waals surface area contributed by atoms with Gasteiger partial charge in [0.15, 0.2) is 0 Å². The van der Waals surface area contributed by atoms with Crippen LogP contribution in [-0.4, -0.2) is 7.11 Å². The van der Waals surface area contributed by atoms with Gasteiger partial charge in [0.05, 0.1) is 7.11 Å². The average Bonchev–Trinajstić information content (AvgIpc) is 2.01. The SMILES string of the molecule is C/C=C\C=C(\C)C(OC)=C(C)C. The number of hydrogen-bond donors (Lipinski definition) is 0. The van der Waals surface area contributed by atoms with Crippen LogP contribution in [0.2, 0.25) is 0 Å². The molecule has 0 atom stereocenters. The predicted octanol–water partition coefficient (Wildman–Crippen LogP) is 3.45. The van der Waals surface area contributed by atoms with E-state index in [4.69, 9.17) is 4.74 Å². The fourth-order valence-electron chi connectivity index (χ4n) is 1.08.